The summed E-state index contributed by atoms with van der Waals surface area (Å²) in [4.78, 5) is 28.1. The molecule has 0 aliphatic carbocycles. The Hall–Kier alpha value is -3.92. The van der Waals surface area contributed by atoms with Gasteiger partial charge >= 0.3 is 0 Å². The number of ether oxygens (including phenoxy) is 1. The molecule has 10 heteroatoms. The van der Waals surface area contributed by atoms with Crippen LogP contribution < -0.4 is 14.4 Å². The van der Waals surface area contributed by atoms with E-state index in [-0.39, 0.29) is 23.0 Å². The largest absolute Gasteiger partial charge is 0.497 e. The van der Waals surface area contributed by atoms with Gasteiger partial charge in [0.15, 0.2) is 0 Å². The van der Waals surface area contributed by atoms with Crippen molar-refractivity contribution in [2.45, 2.75) is 44.2 Å². The zero-order valence-electron chi connectivity index (χ0n) is 22.3. The second-order valence-corrected chi connectivity index (χ2v) is 10.9. The third-order valence-corrected chi connectivity index (χ3v) is 8.02. The number of benzene rings is 3. The molecule has 0 spiro atoms. The minimum atomic E-state index is -4.15. The number of amides is 2. The van der Waals surface area contributed by atoms with Crippen molar-refractivity contribution >= 4 is 27.5 Å². The summed E-state index contributed by atoms with van der Waals surface area (Å²) in [6.07, 6.45) is 1.67. The van der Waals surface area contributed by atoms with Crippen LogP contribution in [0.4, 0.5) is 10.1 Å². The van der Waals surface area contributed by atoms with Gasteiger partial charge < -0.3 is 15.0 Å². The Bertz CT molecular complexity index is 1330. The second kappa shape index (κ2) is 13.7. The van der Waals surface area contributed by atoms with E-state index in [2.05, 4.69) is 5.32 Å². The van der Waals surface area contributed by atoms with Gasteiger partial charge in [0.1, 0.15) is 24.2 Å². The minimum absolute atomic E-state index is 0.0106. The summed E-state index contributed by atoms with van der Waals surface area (Å²) in [5.74, 6) is -0.854. The molecule has 3 aromatic carbocycles. The van der Waals surface area contributed by atoms with E-state index >= 15 is 0 Å². The number of rotatable bonds is 13. The van der Waals surface area contributed by atoms with E-state index in [0.717, 1.165) is 17.1 Å². The highest BCUT2D eigenvalue weighted by Gasteiger charge is 2.32. The Morgan fingerprint density at radius 3 is 2.21 bits per heavy atom. The molecule has 1 N–H and O–H groups in total. The van der Waals surface area contributed by atoms with Crippen LogP contribution >= 0.6 is 0 Å². The fourth-order valence-corrected chi connectivity index (χ4v) is 5.34. The maximum Gasteiger partial charge on any atom is 0.264 e. The van der Waals surface area contributed by atoms with Crippen LogP contribution in [0.15, 0.2) is 83.8 Å². The van der Waals surface area contributed by atoms with Gasteiger partial charge in [-0.2, -0.15) is 0 Å². The van der Waals surface area contributed by atoms with Crippen LogP contribution in [0.3, 0.4) is 0 Å². The number of anilines is 1. The van der Waals surface area contributed by atoms with Crippen molar-refractivity contribution in [3.05, 3.63) is 90.2 Å². The lowest BCUT2D eigenvalue weighted by Crippen LogP contribution is -2.51. The van der Waals surface area contributed by atoms with E-state index < -0.39 is 34.3 Å². The number of hydrogen-bond donors (Lipinski definition) is 1. The highest BCUT2D eigenvalue weighted by Crippen LogP contribution is 2.26. The highest BCUT2D eigenvalue weighted by molar-refractivity contribution is 7.92. The van der Waals surface area contributed by atoms with Gasteiger partial charge in [0.25, 0.3) is 10.0 Å². The number of sulfonamides is 1. The summed E-state index contributed by atoms with van der Waals surface area (Å²) in [5, 5.41) is 2.83. The van der Waals surface area contributed by atoms with Crippen LogP contribution in [0.2, 0.25) is 0 Å². The molecule has 1 atom stereocenters. The van der Waals surface area contributed by atoms with Gasteiger partial charge in [-0.15, -0.1) is 0 Å². The Morgan fingerprint density at radius 1 is 0.974 bits per heavy atom. The van der Waals surface area contributed by atoms with Crippen molar-refractivity contribution in [1.82, 2.24) is 10.2 Å². The SMILES string of the molecule is CCCCNC(=O)[C@@H](C)N(Cc1ccc(F)cc1)C(=O)CN(c1ccc(OC)cc1)S(=O)(=O)c1ccccc1. The lowest BCUT2D eigenvalue weighted by atomic mass is 10.1. The van der Waals surface area contributed by atoms with Gasteiger partial charge in [0.2, 0.25) is 11.8 Å². The van der Waals surface area contributed by atoms with E-state index in [1.165, 1.54) is 48.4 Å². The molecule has 3 aromatic rings. The van der Waals surface area contributed by atoms with Crippen LogP contribution in [-0.4, -0.2) is 51.4 Å². The molecule has 2 amide bonds. The van der Waals surface area contributed by atoms with Gasteiger partial charge in [-0.25, -0.2) is 12.8 Å². The summed E-state index contributed by atoms with van der Waals surface area (Å²) in [6, 6.07) is 18.8. The van der Waals surface area contributed by atoms with E-state index in [9.17, 15) is 22.4 Å². The van der Waals surface area contributed by atoms with Crippen LogP contribution in [0.1, 0.15) is 32.3 Å². The van der Waals surface area contributed by atoms with Crippen LogP contribution in [0, 0.1) is 5.82 Å². The molecule has 0 heterocycles. The summed E-state index contributed by atoms with van der Waals surface area (Å²) < 4.78 is 47.2. The summed E-state index contributed by atoms with van der Waals surface area (Å²) in [7, 11) is -2.65. The number of carbonyl (C=O) groups is 2. The fourth-order valence-electron chi connectivity index (χ4n) is 3.90. The number of nitrogens with zero attached hydrogens (tertiary/aromatic N) is 2. The maximum absolute atomic E-state index is 13.8. The number of nitrogens with one attached hydrogen (secondary N) is 1. The first-order chi connectivity index (χ1) is 18.7. The van der Waals surface area contributed by atoms with Crippen LogP contribution in [0.5, 0.6) is 5.75 Å². The maximum atomic E-state index is 13.8. The molecule has 0 aliphatic heterocycles. The number of hydrogen-bond acceptors (Lipinski definition) is 5. The Balaban J connectivity index is 1.98. The van der Waals surface area contributed by atoms with Crippen molar-refractivity contribution in [3.63, 3.8) is 0 Å². The smallest absolute Gasteiger partial charge is 0.264 e. The summed E-state index contributed by atoms with van der Waals surface area (Å²) in [5.41, 5.74) is 0.856. The number of carbonyl (C=O) groups excluding carboxylic acids is 2. The average Bonchev–Trinajstić information content (AvgIpc) is 2.95. The van der Waals surface area contributed by atoms with Crippen molar-refractivity contribution in [3.8, 4) is 5.75 Å². The zero-order chi connectivity index (χ0) is 28.4. The van der Waals surface area contributed by atoms with Crippen molar-refractivity contribution < 1.29 is 27.1 Å². The lowest BCUT2D eigenvalue weighted by Gasteiger charge is -2.32. The quantitative estimate of drug-likeness (QED) is 0.316. The average molecular weight is 556 g/mol. The van der Waals surface area contributed by atoms with Gasteiger partial charge in [-0.3, -0.25) is 13.9 Å². The normalized spacial score (nSPS) is 11.9. The molecule has 0 saturated carbocycles. The van der Waals surface area contributed by atoms with E-state index in [0.29, 0.717) is 17.9 Å². The van der Waals surface area contributed by atoms with Crippen LogP contribution in [-0.2, 0) is 26.2 Å². The first-order valence-electron chi connectivity index (χ1n) is 12.7. The van der Waals surface area contributed by atoms with Gasteiger partial charge in [0, 0.05) is 13.1 Å². The van der Waals surface area contributed by atoms with E-state index in [1.54, 1.807) is 49.4 Å². The summed E-state index contributed by atoms with van der Waals surface area (Å²) >= 11 is 0. The third kappa shape index (κ3) is 7.79. The predicted molar refractivity (Wildman–Crippen MR) is 148 cm³/mol. The molecule has 0 fully saturated rings. The minimum Gasteiger partial charge on any atom is -0.497 e. The first-order valence-corrected chi connectivity index (χ1v) is 14.1. The molecule has 0 bridgehead atoms. The predicted octanol–water partition coefficient (Wildman–Crippen LogP) is 4.36. The van der Waals surface area contributed by atoms with Crippen molar-refractivity contribution in [1.29, 1.82) is 0 Å². The molecule has 8 nitrogen and oxygen atoms in total. The number of halogens is 1. The monoisotopic (exact) mass is 555 g/mol. The first kappa shape index (κ1) is 29.6. The van der Waals surface area contributed by atoms with E-state index in [4.69, 9.17) is 4.74 Å². The number of unbranched alkanes of at least 4 members (excludes halogenated alkanes) is 1. The van der Waals surface area contributed by atoms with Gasteiger partial charge in [-0.05, 0) is 67.4 Å². The molecule has 3 rings (SSSR count). The Morgan fingerprint density at radius 2 is 1.62 bits per heavy atom. The molecule has 0 aromatic heterocycles. The van der Waals surface area contributed by atoms with Gasteiger partial charge in [-0.1, -0.05) is 43.7 Å². The Kier molecular flexibility index (Phi) is 10.4. The molecular formula is C29H34FN3O5S. The highest BCUT2D eigenvalue weighted by atomic mass is 32.2. The van der Waals surface area contributed by atoms with Gasteiger partial charge in [0.05, 0.1) is 17.7 Å². The third-order valence-electron chi connectivity index (χ3n) is 6.23. The molecular weight excluding hydrogens is 521 g/mol. The topological polar surface area (TPSA) is 96.0 Å². The fraction of sp³-hybridized carbons (Fsp3) is 0.310. The standard InChI is InChI=1S/C29H34FN3O5S/c1-4-5-19-31-29(35)22(2)32(20-23-11-13-24(30)14-12-23)28(34)21-33(25-15-17-26(38-3)18-16-25)39(36,37)27-9-7-6-8-10-27/h6-18,22H,4-5,19-21H2,1-3H3,(H,31,35)/t22-/m1/s1. The number of methoxy groups -OCH3 is 1. The van der Waals surface area contributed by atoms with Crippen LogP contribution in [0.25, 0.3) is 0 Å². The molecule has 208 valence electrons. The second-order valence-electron chi connectivity index (χ2n) is 8.99. The van der Waals surface area contributed by atoms with E-state index in [1.807, 2.05) is 6.92 Å². The molecule has 0 saturated heterocycles. The van der Waals surface area contributed by atoms with Crippen molar-refractivity contribution in [2.24, 2.45) is 0 Å². The lowest BCUT2D eigenvalue weighted by molar-refractivity contribution is -0.139. The molecule has 0 aliphatic rings. The summed E-state index contributed by atoms with van der Waals surface area (Å²) in [6.45, 7) is 3.48. The van der Waals surface area contributed by atoms with Crippen molar-refractivity contribution in [2.75, 3.05) is 24.5 Å². The molecule has 0 unspecified atom stereocenters. The molecule has 0 radical (unpaired) electrons. The zero-order valence-corrected chi connectivity index (χ0v) is 23.2. The molecule has 39 heavy (non-hydrogen) atoms. The Labute approximate surface area is 229 Å².